The van der Waals surface area contributed by atoms with E-state index in [-0.39, 0.29) is 11.3 Å². The molecule has 1 aromatic heterocycles. The van der Waals surface area contributed by atoms with E-state index in [1.54, 1.807) is 0 Å². The van der Waals surface area contributed by atoms with Crippen molar-refractivity contribution in [3.8, 4) is 5.75 Å². The summed E-state index contributed by atoms with van der Waals surface area (Å²) in [7, 11) is 0. The van der Waals surface area contributed by atoms with E-state index < -0.39 is 6.10 Å². The summed E-state index contributed by atoms with van der Waals surface area (Å²) in [6, 6.07) is 9.34. The minimum Gasteiger partial charge on any atom is -0.481 e. The molecule has 1 unspecified atom stereocenters. The van der Waals surface area contributed by atoms with Crippen LogP contribution in [0.15, 0.2) is 30.3 Å². The van der Waals surface area contributed by atoms with Gasteiger partial charge in [-0.1, -0.05) is 57.2 Å². The number of nitrogens with one attached hydrogen (secondary N) is 1. The van der Waals surface area contributed by atoms with Crippen molar-refractivity contribution in [1.82, 2.24) is 10.2 Å². The second kappa shape index (κ2) is 7.55. The summed E-state index contributed by atoms with van der Waals surface area (Å²) in [4.78, 5) is 12.3. The maximum Gasteiger partial charge on any atom is 0.267 e. The highest BCUT2D eigenvalue weighted by atomic mass is 32.1. The van der Waals surface area contributed by atoms with E-state index in [0.29, 0.717) is 17.3 Å². The number of hydrogen-bond donors (Lipinski definition) is 1. The van der Waals surface area contributed by atoms with Crippen LogP contribution in [0.25, 0.3) is 0 Å². The smallest absolute Gasteiger partial charge is 0.267 e. The van der Waals surface area contributed by atoms with Gasteiger partial charge in [0.1, 0.15) is 10.8 Å². The number of hydrogen-bond acceptors (Lipinski definition) is 5. The number of aromatic nitrogens is 2. The Balaban J connectivity index is 1.97. The molecule has 0 aliphatic carbocycles. The fraction of sp³-hybridized carbons (Fsp3) is 0.471. The second-order valence-corrected chi connectivity index (χ2v) is 7.62. The summed E-state index contributed by atoms with van der Waals surface area (Å²) in [5.41, 5.74) is 0.142. The van der Waals surface area contributed by atoms with Crippen molar-refractivity contribution < 1.29 is 9.53 Å². The molecule has 0 aliphatic heterocycles. The van der Waals surface area contributed by atoms with Gasteiger partial charge in [-0.05, 0) is 24.0 Å². The van der Waals surface area contributed by atoms with Crippen LogP contribution >= 0.6 is 11.3 Å². The van der Waals surface area contributed by atoms with Crippen molar-refractivity contribution in [1.29, 1.82) is 0 Å². The number of rotatable bonds is 6. The van der Waals surface area contributed by atoms with Crippen LogP contribution in [-0.2, 0) is 11.2 Å². The number of ether oxygens (including phenoxy) is 1. The monoisotopic (exact) mass is 333 g/mol. The third-order valence-electron chi connectivity index (χ3n) is 3.06. The van der Waals surface area contributed by atoms with E-state index in [1.165, 1.54) is 11.3 Å². The second-order valence-electron chi connectivity index (χ2n) is 6.56. The minimum atomic E-state index is -0.549. The van der Waals surface area contributed by atoms with Gasteiger partial charge >= 0.3 is 0 Å². The SMILES string of the molecule is CCC(Oc1ccccc1)C(=O)Nc1nnc(CC(C)(C)C)s1. The first-order valence-electron chi connectivity index (χ1n) is 7.72. The molecule has 0 bridgehead atoms. The van der Waals surface area contributed by atoms with Gasteiger partial charge in [0, 0.05) is 6.42 Å². The van der Waals surface area contributed by atoms with Crippen molar-refractivity contribution in [2.75, 3.05) is 5.32 Å². The molecule has 1 N–H and O–H groups in total. The Labute approximate surface area is 141 Å². The Morgan fingerprint density at radius 3 is 2.57 bits per heavy atom. The van der Waals surface area contributed by atoms with Crippen molar-refractivity contribution in [3.05, 3.63) is 35.3 Å². The molecule has 1 aromatic carbocycles. The molecule has 0 saturated carbocycles. The fourth-order valence-corrected chi connectivity index (χ4v) is 3.04. The van der Waals surface area contributed by atoms with E-state index in [2.05, 4.69) is 36.3 Å². The van der Waals surface area contributed by atoms with Crippen LogP contribution in [0.5, 0.6) is 5.75 Å². The Kier molecular flexibility index (Phi) is 5.71. The molecule has 1 amide bonds. The van der Waals surface area contributed by atoms with Crippen molar-refractivity contribution in [2.45, 2.75) is 46.6 Å². The van der Waals surface area contributed by atoms with Crippen LogP contribution < -0.4 is 10.1 Å². The van der Waals surface area contributed by atoms with Crippen LogP contribution in [0.3, 0.4) is 0 Å². The van der Waals surface area contributed by atoms with Crippen LogP contribution in [0.1, 0.15) is 39.1 Å². The van der Waals surface area contributed by atoms with Crippen LogP contribution in [-0.4, -0.2) is 22.2 Å². The number of anilines is 1. The number of carbonyl (C=O) groups is 1. The van der Waals surface area contributed by atoms with Gasteiger partial charge in [0.2, 0.25) is 5.13 Å². The quantitative estimate of drug-likeness (QED) is 0.870. The molecule has 0 aliphatic rings. The Morgan fingerprint density at radius 1 is 1.26 bits per heavy atom. The zero-order valence-corrected chi connectivity index (χ0v) is 14.8. The van der Waals surface area contributed by atoms with E-state index in [9.17, 15) is 4.79 Å². The summed E-state index contributed by atoms with van der Waals surface area (Å²) in [5, 5.41) is 12.4. The van der Waals surface area contributed by atoms with Gasteiger partial charge in [-0.15, -0.1) is 10.2 Å². The molecule has 2 aromatic rings. The standard InChI is InChI=1S/C17H23N3O2S/c1-5-13(22-12-9-7-6-8-10-12)15(21)18-16-20-19-14(23-16)11-17(2,3)4/h6-10,13H,5,11H2,1-4H3,(H,18,20,21). The average molecular weight is 333 g/mol. The topological polar surface area (TPSA) is 64.1 Å². The zero-order chi connectivity index (χ0) is 16.9. The largest absolute Gasteiger partial charge is 0.481 e. The lowest BCUT2D eigenvalue weighted by atomic mass is 9.93. The summed E-state index contributed by atoms with van der Waals surface area (Å²) in [6.07, 6.45) is 0.861. The molecule has 0 fully saturated rings. The lowest BCUT2D eigenvalue weighted by Gasteiger charge is -2.16. The summed E-state index contributed by atoms with van der Waals surface area (Å²) in [6.45, 7) is 8.35. The predicted octanol–water partition coefficient (Wildman–Crippen LogP) is 3.92. The van der Waals surface area contributed by atoms with E-state index in [1.807, 2.05) is 37.3 Å². The van der Waals surface area contributed by atoms with E-state index >= 15 is 0 Å². The first-order chi connectivity index (χ1) is 10.9. The molecule has 5 nitrogen and oxygen atoms in total. The van der Waals surface area contributed by atoms with Gasteiger partial charge in [0.15, 0.2) is 6.10 Å². The maximum absolute atomic E-state index is 12.3. The highest BCUT2D eigenvalue weighted by molar-refractivity contribution is 7.15. The molecule has 6 heteroatoms. The predicted molar refractivity (Wildman–Crippen MR) is 92.8 cm³/mol. The van der Waals surface area contributed by atoms with Gasteiger partial charge in [0.25, 0.3) is 5.91 Å². The fourth-order valence-electron chi connectivity index (χ4n) is 2.00. The number of amides is 1. The summed E-state index contributed by atoms with van der Waals surface area (Å²) in [5.74, 6) is 0.481. The number of para-hydroxylation sites is 1. The third kappa shape index (κ3) is 5.63. The highest BCUT2D eigenvalue weighted by Crippen LogP contribution is 2.25. The first kappa shape index (κ1) is 17.4. The molecule has 23 heavy (non-hydrogen) atoms. The molecular formula is C17H23N3O2S. The number of nitrogens with zero attached hydrogens (tertiary/aromatic N) is 2. The first-order valence-corrected chi connectivity index (χ1v) is 8.54. The summed E-state index contributed by atoms with van der Waals surface area (Å²) < 4.78 is 5.73. The molecule has 1 heterocycles. The minimum absolute atomic E-state index is 0.142. The molecule has 124 valence electrons. The Morgan fingerprint density at radius 2 is 1.96 bits per heavy atom. The average Bonchev–Trinajstić information content (AvgIpc) is 2.90. The van der Waals surface area contributed by atoms with Gasteiger partial charge in [-0.2, -0.15) is 0 Å². The molecular weight excluding hydrogens is 310 g/mol. The van der Waals surface area contributed by atoms with Crippen molar-refractivity contribution in [2.24, 2.45) is 5.41 Å². The lowest BCUT2D eigenvalue weighted by molar-refractivity contribution is -0.122. The van der Waals surface area contributed by atoms with Crippen molar-refractivity contribution >= 4 is 22.4 Å². The van der Waals surface area contributed by atoms with E-state index in [0.717, 1.165) is 11.4 Å². The van der Waals surface area contributed by atoms with Gasteiger partial charge in [0.05, 0.1) is 0 Å². The van der Waals surface area contributed by atoms with Gasteiger partial charge < -0.3 is 4.74 Å². The number of benzene rings is 1. The molecule has 0 saturated heterocycles. The van der Waals surface area contributed by atoms with Crippen LogP contribution in [0.4, 0.5) is 5.13 Å². The van der Waals surface area contributed by atoms with Gasteiger partial charge in [-0.3, -0.25) is 10.1 Å². The lowest BCUT2D eigenvalue weighted by Crippen LogP contribution is -2.32. The Hall–Kier alpha value is -1.95. The highest BCUT2D eigenvalue weighted by Gasteiger charge is 2.21. The summed E-state index contributed by atoms with van der Waals surface area (Å²) >= 11 is 1.41. The Bertz CT molecular complexity index is 635. The molecule has 1 atom stereocenters. The third-order valence-corrected chi connectivity index (χ3v) is 3.90. The van der Waals surface area contributed by atoms with E-state index in [4.69, 9.17) is 4.74 Å². The van der Waals surface area contributed by atoms with Crippen molar-refractivity contribution in [3.63, 3.8) is 0 Å². The van der Waals surface area contributed by atoms with Crippen LogP contribution in [0, 0.1) is 5.41 Å². The normalized spacial score (nSPS) is 12.7. The number of carbonyl (C=O) groups excluding carboxylic acids is 1. The van der Waals surface area contributed by atoms with Crippen LogP contribution in [0.2, 0.25) is 0 Å². The van der Waals surface area contributed by atoms with Gasteiger partial charge in [-0.25, -0.2) is 0 Å². The molecule has 0 radical (unpaired) electrons. The zero-order valence-electron chi connectivity index (χ0n) is 14.0. The molecule has 0 spiro atoms. The maximum atomic E-state index is 12.3. The molecule has 2 rings (SSSR count).